The maximum Gasteiger partial charge on any atom is 0.231 e. The number of carbonyl (C=O) groups excluding carboxylic acids is 1. The van der Waals surface area contributed by atoms with Crippen LogP contribution in [0.25, 0.3) is 0 Å². The predicted molar refractivity (Wildman–Crippen MR) is 84.7 cm³/mol. The first-order chi connectivity index (χ1) is 9.41. The Morgan fingerprint density at radius 3 is 2.90 bits per heavy atom. The van der Waals surface area contributed by atoms with Gasteiger partial charge in [0.1, 0.15) is 5.82 Å². The summed E-state index contributed by atoms with van der Waals surface area (Å²) in [7, 11) is 0. The molecule has 0 aromatic carbocycles. The molecule has 1 amide bonds. The Balaban J connectivity index is 2.09. The van der Waals surface area contributed by atoms with Gasteiger partial charge < -0.3 is 10.6 Å². The van der Waals surface area contributed by atoms with Gasteiger partial charge in [-0.15, -0.1) is 0 Å². The second kappa shape index (κ2) is 6.22. The first kappa shape index (κ1) is 15.4. The second-order valence-corrected chi connectivity index (χ2v) is 6.95. The van der Waals surface area contributed by atoms with Crippen molar-refractivity contribution in [3.05, 3.63) is 22.3 Å². The van der Waals surface area contributed by atoms with E-state index in [-0.39, 0.29) is 5.91 Å². The Kier molecular flexibility index (Phi) is 4.81. The average Bonchev–Trinajstić information content (AvgIpc) is 2.42. The van der Waals surface area contributed by atoms with Crippen LogP contribution in [-0.2, 0) is 4.79 Å². The zero-order chi connectivity index (χ0) is 14.8. The SMILES string of the molecule is Cc1cc(Br)cnc1NC(=O)C(C)(C)C1CCCNC1. The number of rotatable bonds is 3. The van der Waals surface area contributed by atoms with E-state index in [9.17, 15) is 4.79 Å². The molecule has 1 aliphatic rings. The molecule has 1 aromatic rings. The zero-order valence-electron chi connectivity index (χ0n) is 12.3. The molecule has 1 atom stereocenters. The lowest BCUT2D eigenvalue weighted by molar-refractivity contribution is -0.127. The Morgan fingerprint density at radius 1 is 1.55 bits per heavy atom. The standard InChI is InChI=1S/C15H22BrN3O/c1-10-7-12(16)9-18-13(10)19-14(20)15(2,3)11-5-4-6-17-8-11/h7,9,11,17H,4-6,8H2,1-3H3,(H,18,19,20). The second-order valence-electron chi connectivity index (χ2n) is 6.04. The summed E-state index contributed by atoms with van der Waals surface area (Å²) in [6.07, 6.45) is 3.94. The van der Waals surface area contributed by atoms with E-state index in [2.05, 4.69) is 31.5 Å². The summed E-state index contributed by atoms with van der Waals surface area (Å²) < 4.78 is 0.920. The van der Waals surface area contributed by atoms with Crippen molar-refractivity contribution in [1.82, 2.24) is 10.3 Å². The quantitative estimate of drug-likeness (QED) is 0.889. The van der Waals surface area contributed by atoms with Crippen LogP contribution in [0.15, 0.2) is 16.7 Å². The van der Waals surface area contributed by atoms with Crippen LogP contribution in [0.3, 0.4) is 0 Å². The van der Waals surface area contributed by atoms with Crippen molar-refractivity contribution in [3.63, 3.8) is 0 Å². The molecule has 0 saturated carbocycles. The van der Waals surface area contributed by atoms with Crippen molar-refractivity contribution in [1.29, 1.82) is 0 Å². The summed E-state index contributed by atoms with van der Waals surface area (Å²) in [5.74, 6) is 1.06. The summed E-state index contributed by atoms with van der Waals surface area (Å²) in [5, 5.41) is 6.35. The Bertz CT molecular complexity index is 496. The number of nitrogens with one attached hydrogen (secondary N) is 2. The zero-order valence-corrected chi connectivity index (χ0v) is 13.9. The maximum absolute atomic E-state index is 12.6. The Labute approximate surface area is 128 Å². The fourth-order valence-corrected chi connectivity index (χ4v) is 3.04. The van der Waals surface area contributed by atoms with Crippen molar-refractivity contribution in [2.24, 2.45) is 11.3 Å². The molecule has 0 bridgehead atoms. The molecule has 20 heavy (non-hydrogen) atoms. The highest BCUT2D eigenvalue weighted by Crippen LogP contribution is 2.33. The van der Waals surface area contributed by atoms with E-state index in [1.165, 1.54) is 0 Å². The highest BCUT2D eigenvalue weighted by molar-refractivity contribution is 9.10. The van der Waals surface area contributed by atoms with E-state index in [0.29, 0.717) is 11.7 Å². The van der Waals surface area contributed by atoms with Gasteiger partial charge in [-0.25, -0.2) is 4.98 Å². The molecule has 1 unspecified atom stereocenters. The smallest absolute Gasteiger partial charge is 0.231 e. The van der Waals surface area contributed by atoms with Crippen LogP contribution in [0.1, 0.15) is 32.3 Å². The van der Waals surface area contributed by atoms with E-state index < -0.39 is 5.41 Å². The average molecular weight is 340 g/mol. The minimum Gasteiger partial charge on any atom is -0.316 e. The van der Waals surface area contributed by atoms with Crippen LogP contribution in [-0.4, -0.2) is 24.0 Å². The highest BCUT2D eigenvalue weighted by atomic mass is 79.9. The van der Waals surface area contributed by atoms with E-state index in [0.717, 1.165) is 36.0 Å². The first-order valence-electron chi connectivity index (χ1n) is 7.05. The lowest BCUT2D eigenvalue weighted by atomic mass is 9.74. The van der Waals surface area contributed by atoms with E-state index in [4.69, 9.17) is 0 Å². The molecule has 5 heteroatoms. The minimum absolute atomic E-state index is 0.0455. The van der Waals surface area contributed by atoms with Crippen molar-refractivity contribution in [2.75, 3.05) is 18.4 Å². The van der Waals surface area contributed by atoms with Gasteiger partial charge in [-0.3, -0.25) is 4.79 Å². The molecule has 110 valence electrons. The van der Waals surface area contributed by atoms with Crippen molar-refractivity contribution in [3.8, 4) is 0 Å². The van der Waals surface area contributed by atoms with Gasteiger partial charge in [-0.2, -0.15) is 0 Å². The third-order valence-corrected chi connectivity index (χ3v) is 4.61. The van der Waals surface area contributed by atoms with Gasteiger partial charge in [0.05, 0.1) is 0 Å². The number of amides is 1. The number of carbonyl (C=O) groups is 1. The number of pyridine rings is 1. The van der Waals surface area contributed by atoms with Gasteiger partial charge in [-0.1, -0.05) is 13.8 Å². The number of piperidine rings is 1. The van der Waals surface area contributed by atoms with Gasteiger partial charge in [0.25, 0.3) is 0 Å². The van der Waals surface area contributed by atoms with E-state index in [1.807, 2.05) is 26.8 Å². The van der Waals surface area contributed by atoms with Crippen LogP contribution in [0, 0.1) is 18.3 Å². The van der Waals surface area contributed by atoms with E-state index in [1.54, 1.807) is 6.20 Å². The van der Waals surface area contributed by atoms with Gasteiger partial charge in [0.2, 0.25) is 5.91 Å². The largest absolute Gasteiger partial charge is 0.316 e. The van der Waals surface area contributed by atoms with Crippen LogP contribution < -0.4 is 10.6 Å². The predicted octanol–water partition coefficient (Wildman–Crippen LogP) is 3.12. The molecule has 0 radical (unpaired) electrons. The molecule has 0 spiro atoms. The fraction of sp³-hybridized carbons (Fsp3) is 0.600. The molecular weight excluding hydrogens is 318 g/mol. The van der Waals surface area contributed by atoms with Crippen LogP contribution in [0.5, 0.6) is 0 Å². The lowest BCUT2D eigenvalue weighted by Gasteiger charge is -2.36. The van der Waals surface area contributed by atoms with Gasteiger partial charge in [0.15, 0.2) is 0 Å². The number of hydrogen-bond donors (Lipinski definition) is 2. The Morgan fingerprint density at radius 2 is 2.30 bits per heavy atom. The highest BCUT2D eigenvalue weighted by Gasteiger charge is 2.37. The molecular formula is C15H22BrN3O. The number of hydrogen-bond acceptors (Lipinski definition) is 3. The summed E-state index contributed by atoms with van der Waals surface area (Å²) in [5.41, 5.74) is 0.569. The number of anilines is 1. The molecule has 2 heterocycles. The molecule has 2 N–H and O–H groups in total. The number of aromatic nitrogens is 1. The summed E-state index contributed by atoms with van der Waals surface area (Å²) in [4.78, 5) is 16.9. The summed E-state index contributed by atoms with van der Waals surface area (Å²) in [6, 6.07) is 1.96. The van der Waals surface area contributed by atoms with Gasteiger partial charge >= 0.3 is 0 Å². The molecule has 2 rings (SSSR count). The van der Waals surface area contributed by atoms with E-state index >= 15 is 0 Å². The molecule has 1 fully saturated rings. The van der Waals surface area contributed by atoms with Gasteiger partial charge in [0, 0.05) is 16.1 Å². The minimum atomic E-state index is -0.394. The fourth-order valence-electron chi connectivity index (χ4n) is 2.59. The normalized spacial score (nSPS) is 19.7. The van der Waals surface area contributed by atoms with Crippen molar-refractivity contribution in [2.45, 2.75) is 33.6 Å². The van der Waals surface area contributed by atoms with Crippen LogP contribution in [0.2, 0.25) is 0 Å². The molecule has 1 saturated heterocycles. The molecule has 4 nitrogen and oxygen atoms in total. The number of halogens is 1. The molecule has 1 aromatic heterocycles. The maximum atomic E-state index is 12.6. The van der Waals surface area contributed by atoms with Crippen LogP contribution >= 0.6 is 15.9 Å². The van der Waals surface area contributed by atoms with Gasteiger partial charge in [-0.05, 0) is 66.3 Å². The van der Waals surface area contributed by atoms with Crippen LogP contribution in [0.4, 0.5) is 5.82 Å². The molecule has 1 aliphatic heterocycles. The summed E-state index contributed by atoms with van der Waals surface area (Å²) in [6.45, 7) is 7.96. The topological polar surface area (TPSA) is 54.0 Å². The first-order valence-corrected chi connectivity index (χ1v) is 7.85. The van der Waals surface area contributed by atoms with Crippen molar-refractivity contribution < 1.29 is 4.79 Å². The Hall–Kier alpha value is -0.940. The third-order valence-electron chi connectivity index (χ3n) is 4.18. The molecule has 0 aliphatic carbocycles. The summed E-state index contributed by atoms with van der Waals surface area (Å²) >= 11 is 3.38. The monoisotopic (exact) mass is 339 g/mol. The van der Waals surface area contributed by atoms with Crippen molar-refractivity contribution >= 4 is 27.7 Å². The lowest BCUT2D eigenvalue weighted by Crippen LogP contribution is -2.45. The number of aryl methyl sites for hydroxylation is 1. The number of nitrogens with zero attached hydrogens (tertiary/aromatic N) is 1. The third kappa shape index (κ3) is 3.38.